The van der Waals surface area contributed by atoms with E-state index in [-0.39, 0.29) is 0 Å². The number of methoxy groups -OCH3 is 1. The SMILES string of the molecule is COC1(c2nccc(CN)n2)CCOCC1. The Hall–Kier alpha value is -1.04. The first-order valence-electron chi connectivity index (χ1n) is 5.46. The zero-order valence-electron chi connectivity index (χ0n) is 9.48. The fourth-order valence-electron chi connectivity index (χ4n) is 1.95. The Morgan fingerprint density at radius 1 is 1.50 bits per heavy atom. The highest BCUT2D eigenvalue weighted by Gasteiger charge is 2.37. The van der Waals surface area contributed by atoms with Gasteiger partial charge in [0.2, 0.25) is 0 Å². The molecular formula is C11H17N3O2. The lowest BCUT2D eigenvalue weighted by Gasteiger charge is -2.34. The molecule has 16 heavy (non-hydrogen) atoms. The molecule has 0 radical (unpaired) electrons. The first kappa shape index (κ1) is 11.4. The average Bonchev–Trinajstić information content (AvgIpc) is 2.39. The van der Waals surface area contributed by atoms with Gasteiger partial charge in [-0.15, -0.1) is 0 Å². The molecule has 5 nitrogen and oxygen atoms in total. The van der Waals surface area contributed by atoms with E-state index in [0.717, 1.165) is 24.4 Å². The molecule has 1 saturated heterocycles. The van der Waals surface area contributed by atoms with Crippen LogP contribution in [0.3, 0.4) is 0 Å². The fourth-order valence-corrected chi connectivity index (χ4v) is 1.95. The minimum absolute atomic E-state index is 0.399. The van der Waals surface area contributed by atoms with Crippen LogP contribution in [0.1, 0.15) is 24.4 Å². The summed E-state index contributed by atoms with van der Waals surface area (Å²) in [7, 11) is 1.70. The summed E-state index contributed by atoms with van der Waals surface area (Å²) in [5, 5.41) is 0. The number of ether oxygens (including phenoxy) is 2. The average molecular weight is 223 g/mol. The Kier molecular flexibility index (Phi) is 3.48. The molecule has 2 N–H and O–H groups in total. The summed E-state index contributed by atoms with van der Waals surface area (Å²) in [6, 6.07) is 1.83. The Balaban J connectivity index is 2.31. The van der Waals surface area contributed by atoms with Crippen molar-refractivity contribution in [2.24, 2.45) is 5.73 Å². The van der Waals surface area contributed by atoms with E-state index in [9.17, 15) is 0 Å². The molecule has 1 aliphatic rings. The monoisotopic (exact) mass is 223 g/mol. The Bertz CT molecular complexity index is 351. The molecule has 0 amide bonds. The van der Waals surface area contributed by atoms with Gasteiger partial charge < -0.3 is 15.2 Å². The van der Waals surface area contributed by atoms with Crippen molar-refractivity contribution < 1.29 is 9.47 Å². The van der Waals surface area contributed by atoms with E-state index in [0.29, 0.717) is 19.8 Å². The molecule has 0 spiro atoms. The standard InChI is InChI=1S/C11H17N3O2/c1-15-11(3-6-16-7-4-11)10-13-5-2-9(8-12)14-10/h2,5H,3-4,6-8,12H2,1H3. The number of aromatic nitrogens is 2. The summed E-state index contributed by atoms with van der Waals surface area (Å²) in [6.07, 6.45) is 3.32. The van der Waals surface area contributed by atoms with E-state index in [1.54, 1.807) is 13.3 Å². The third kappa shape index (κ3) is 2.07. The molecule has 5 heteroatoms. The molecule has 0 atom stereocenters. The maximum Gasteiger partial charge on any atom is 0.160 e. The molecule has 0 unspecified atom stereocenters. The Morgan fingerprint density at radius 2 is 2.25 bits per heavy atom. The Morgan fingerprint density at radius 3 is 2.88 bits per heavy atom. The molecule has 1 aromatic heterocycles. The highest BCUT2D eigenvalue weighted by molar-refractivity contribution is 5.09. The van der Waals surface area contributed by atoms with Crippen LogP contribution in [0.15, 0.2) is 12.3 Å². The van der Waals surface area contributed by atoms with Gasteiger partial charge in [-0.3, -0.25) is 0 Å². The van der Waals surface area contributed by atoms with Crippen molar-refractivity contribution in [2.45, 2.75) is 25.0 Å². The normalized spacial score (nSPS) is 19.6. The minimum Gasteiger partial charge on any atom is -0.381 e. The van der Waals surface area contributed by atoms with Crippen LogP contribution in [0.25, 0.3) is 0 Å². The molecule has 0 saturated carbocycles. The lowest BCUT2D eigenvalue weighted by Crippen LogP contribution is -2.37. The van der Waals surface area contributed by atoms with Crippen molar-refractivity contribution in [1.29, 1.82) is 0 Å². The molecule has 1 aliphatic heterocycles. The van der Waals surface area contributed by atoms with Gasteiger partial charge in [0, 0.05) is 45.9 Å². The summed E-state index contributed by atoms with van der Waals surface area (Å²) in [4.78, 5) is 8.75. The molecule has 1 aromatic rings. The summed E-state index contributed by atoms with van der Waals surface area (Å²) >= 11 is 0. The van der Waals surface area contributed by atoms with Crippen LogP contribution in [0.2, 0.25) is 0 Å². The first-order valence-corrected chi connectivity index (χ1v) is 5.46. The van der Waals surface area contributed by atoms with Gasteiger partial charge in [-0.05, 0) is 6.07 Å². The fraction of sp³-hybridized carbons (Fsp3) is 0.636. The maximum atomic E-state index is 5.62. The zero-order chi connectivity index (χ0) is 11.4. The molecule has 88 valence electrons. The van der Waals surface area contributed by atoms with E-state index in [2.05, 4.69) is 9.97 Å². The van der Waals surface area contributed by atoms with Crippen molar-refractivity contribution in [3.05, 3.63) is 23.8 Å². The Labute approximate surface area is 95.0 Å². The smallest absolute Gasteiger partial charge is 0.160 e. The predicted molar refractivity (Wildman–Crippen MR) is 58.7 cm³/mol. The lowest BCUT2D eigenvalue weighted by atomic mass is 9.93. The van der Waals surface area contributed by atoms with Gasteiger partial charge in [0.1, 0.15) is 5.60 Å². The van der Waals surface area contributed by atoms with Crippen molar-refractivity contribution in [3.63, 3.8) is 0 Å². The van der Waals surface area contributed by atoms with Gasteiger partial charge in [0.05, 0.1) is 5.69 Å². The van der Waals surface area contributed by atoms with Gasteiger partial charge in [-0.25, -0.2) is 9.97 Å². The molecule has 2 rings (SSSR count). The van der Waals surface area contributed by atoms with Crippen LogP contribution < -0.4 is 5.73 Å². The molecule has 2 heterocycles. The second-order valence-corrected chi connectivity index (χ2v) is 3.89. The first-order chi connectivity index (χ1) is 7.80. The zero-order valence-corrected chi connectivity index (χ0v) is 9.48. The molecule has 0 aliphatic carbocycles. The van der Waals surface area contributed by atoms with Gasteiger partial charge in [-0.2, -0.15) is 0 Å². The summed E-state index contributed by atoms with van der Waals surface area (Å²) in [6.45, 7) is 1.79. The second-order valence-electron chi connectivity index (χ2n) is 3.89. The summed E-state index contributed by atoms with van der Waals surface area (Å²) in [5.74, 6) is 0.723. The highest BCUT2D eigenvalue weighted by Crippen LogP contribution is 2.32. The lowest BCUT2D eigenvalue weighted by molar-refractivity contribution is -0.100. The number of hydrogen-bond acceptors (Lipinski definition) is 5. The van der Waals surface area contributed by atoms with Crippen LogP contribution in [0.4, 0.5) is 0 Å². The topological polar surface area (TPSA) is 70.3 Å². The number of nitrogens with two attached hydrogens (primary N) is 1. The molecule has 0 bridgehead atoms. The van der Waals surface area contributed by atoms with Gasteiger partial charge in [-0.1, -0.05) is 0 Å². The molecular weight excluding hydrogens is 206 g/mol. The third-order valence-corrected chi connectivity index (χ3v) is 3.02. The maximum absolute atomic E-state index is 5.62. The van der Waals surface area contributed by atoms with E-state index >= 15 is 0 Å². The van der Waals surface area contributed by atoms with Crippen molar-refractivity contribution >= 4 is 0 Å². The number of rotatable bonds is 3. The van der Waals surface area contributed by atoms with E-state index in [1.165, 1.54) is 0 Å². The van der Waals surface area contributed by atoms with Crippen molar-refractivity contribution in [1.82, 2.24) is 9.97 Å². The molecule has 0 aromatic carbocycles. The van der Waals surface area contributed by atoms with E-state index in [4.69, 9.17) is 15.2 Å². The van der Waals surface area contributed by atoms with Crippen LogP contribution in [-0.4, -0.2) is 30.3 Å². The minimum atomic E-state index is -0.399. The summed E-state index contributed by atoms with van der Waals surface area (Å²) in [5.41, 5.74) is 6.02. The quantitative estimate of drug-likeness (QED) is 0.812. The van der Waals surface area contributed by atoms with Crippen LogP contribution in [-0.2, 0) is 21.6 Å². The van der Waals surface area contributed by atoms with Gasteiger partial charge in [0.15, 0.2) is 5.82 Å². The second kappa shape index (κ2) is 4.86. The molecule has 1 fully saturated rings. The van der Waals surface area contributed by atoms with Crippen LogP contribution in [0.5, 0.6) is 0 Å². The van der Waals surface area contributed by atoms with E-state index in [1.807, 2.05) is 6.07 Å². The van der Waals surface area contributed by atoms with Crippen molar-refractivity contribution in [3.8, 4) is 0 Å². The number of nitrogens with zero attached hydrogens (tertiary/aromatic N) is 2. The highest BCUT2D eigenvalue weighted by atomic mass is 16.5. The van der Waals surface area contributed by atoms with Crippen LogP contribution >= 0.6 is 0 Å². The predicted octanol–water partition coefficient (Wildman–Crippen LogP) is 0.587. The van der Waals surface area contributed by atoms with Crippen LogP contribution in [0, 0.1) is 0 Å². The van der Waals surface area contributed by atoms with Gasteiger partial charge in [0.25, 0.3) is 0 Å². The van der Waals surface area contributed by atoms with Crippen molar-refractivity contribution in [2.75, 3.05) is 20.3 Å². The largest absolute Gasteiger partial charge is 0.381 e. The van der Waals surface area contributed by atoms with Gasteiger partial charge >= 0.3 is 0 Å². The van der Waals surface area contributed by atoms with E-state index < -0.39 is 5.60 Å². The third-order valence-electron chi connectivity index (χ3n) is 3.02. The number of hydrogen-bond donors (Lipinski definition) is 1. The summed E-state index contributed by atoms with van der Waals surface area (Å²) < 4.78 is 11.0.